The highest BCUT2D eigenvalue weighted by Crippen LogP contribution is 2.13. The first kappa shape index (κ1) is 14.0. The second-order valence-corrected chi connectivity index (χ2v) is 4.48. The number of nitrogens with one attached hydrogen (secondary N) is 1. The van der Waals surface area contributed by atoms with Crippen molar-refractivity contribution in [2.45, 2.75) is 6.42 Å². The molecule has 0 fully saturated rings. The highest BCUT2D eigenvalue weighted by atomic mass is 35.5. The lowest BCUT2D eigenvalue weighted by atomic mass is 10.1. The van der Waals surface area contributed by atoms with E-state index in [1.807, 2.05) is 0 Å². The summed E-state index contributed by atoms with van der Waals surface area (Å²) in [4.78, 5) is 26.4. The molecule has 20 heavy (non-hydrogen) atoms. The standard InChI is InChI=1S/C14H11ClN2O3/c15-12-5-4-10(8-16-12)14(20)17-11-3-1-2-9(6-11)7-13(18)19/h1-6,8H,7H2,(H,17,20)(H,18,19). The van der Waals surface area contributed by atoms with E-state index in [1.54, 1.807) is 30.3 Å². The Balaban J connectivity index is 2.11. The second kappa shape index (κ2) is 6.16. The molecule has 6 heteroatoms. The van der Waals surface area contributed by atoms with Crippen molar-refractivity contribution in [2.75, 3.05) is 5.32 Å². The zero-order chi connectivity index (χ0) is 14.5. The molecule has 0 aliphatic heterocycles. The Morgan fingerprint density at radius 1 is 1.25 bits per heavy atom. The molecule has 102 valence electrons. The number of nitrogens with zero attached hydrogens (tertiary/aromatic N) is 1. The van der Waals surface area contributed by atoms with Crippen molar-refractivity contribution in [1.82, 2.24) is 4.98 Å². The lowest BCUT2D eigenvalue weighted by Gasteiger charge is -2.06. The number of amides is 1. The fourth-order valence-corrected chi connectivity index (χ4v) is 1.76. The Kier molecular flexibility index (Phi) is 4.32. The molecule has 1 heterocycles. The summed E-state index contributed by atoms with van der Waals surface area (Å²) in [6.07, 6.45) is 1.28. The van der Waals surface area contributed by atoms with Crippen LogP contribution in [-0.4, -0.2) is 22.0 Å². The minimum Gasteiger partial charge on any atom is -0.481 e. The third-order valence-electron chi connectivity index (χ3n) is 2.53. The molecule has 0 saturated carbocycles. The molecule has 1 aromatic heterocycles. The minimum atomic E-state index is -0.921. The number of aliphatic carboxylic acids is 1. The third-order valence-corrected chi connectivity index (χ3v) is 2.75. The van der Waals surface area contributed by atoms with Gasteiger partial charge < -0.3 is 10.4 Å². The van der Waals surface area contributed by atoms with Crippen molar-refractivity contribution in [3.8, 4) is 0 Å². The minimum absolute atomic E-state index is 0.0911. The predicted molar refractivity (Wildman–Crippen MR) is 75.0 cm³/mol. The molecule has 1 amide bonds. The summed E-state index contributed by atoms with van der Waals surface area (Å²) in [5.41, 5.74) is 1.52. The quantitative estimate of drug-likeness (QED) is 0.848. The molecule has 2 aromatic rings. The Hall–Kier alpha value is -2.40. The number of halogens is 1. The Morgan fingerprint density at radius 2 is 2.05 bits per heavy atom. The van der Waals surface area contributed by atoms with Gasteiger partial charge in [0.25, 0.3) is 5.91 Å². The van der Waals surface area contributed by atoms with Crippen molar-refractivity contribution >= 4 is 29.2 Å². The van der Waals surface area contributed by atoms with E-state index in [0.717, 1.165) is 0 Å². The van der Waals surface area contributed by atoms with Gasteiger partial charge in [0.2, 0.25) is 0 Å². The molecule has 5 nitrogen and oxygen atoms in total. The van der Waals surface area contributed by atoms with E-state index in [4.69, 9.17) is 16.7 Å². The number of benzene rings is 1. The van der Waals surface area contributed by atoms with E-state index in [0.29, 0.717) is 22.0 Å². The van der Waals surface area contributed by atoms with Crippen LogP contribution in [0.5, 0.6) is 0 Å². The molecule has 2 rings (SSSR count). The van der Waals surface area contributed by atoms with Gasteiger partial charge in [0.15, 0.2) is 0 Å². The molecule has 0 radical (unpaired) electrons. The Labute approximate surface area is 120 Å². The van der Waals surface area contributed by atoms with Crippen LogP contribution in [0.1, 0.15) is 15.9 Å². The van der Waals surface area contributed by atoms with Crippen LogP contribution in [0.3, 0.4) is 0 Å². The molecule has 0 spiro atoms. The number of aromatic nitrogens is 1. The van der Waals surface area contributed by atoms with E-state index in [1.165, 1.54) is 12.3 Å². The lowest BCUT2D eigenvalue weighted by molar-refractivity contribution is -0.136. The molecule has 0 aliphatic carbocycles. The summed E-state index contributed by atoms with van der Waals surface area (Å²) in [5, 5.41) is 11.7. The molecular weight excluding hydrogens is 280 g/mol. The van der Waals surface area contributed by atoms with Gasteiger partial charge in [-0.15, -0.1) is 0 Å². The number of carboxylic acids is 1. The van der Waals surface area contributed by atoms with Crippen LogP contribution >= 0.6 is 11.6 Å². The van der Waals surface area contributed by atoms with Crippen molar-refractivity contribution in [2.24, 2.45) is 0 Å². The van der Waals surface area contributed by atoms with Crippen LogP contribution in [-0.2, 0) is 11.2 Å². The average Bonchev–Trinajstić information content (AvgIpc) is 2.39. The van der Waals surface area contributed by atoms with Gasteiger partial charge in [-0.25, -0.2) is 4.98 Å². The summed E-state index contributed by atoms with van der Waals surface area (Å²) in [5.74, 6) is -1.25. The Morgan fingerprint density at radius 3 is 2.70 bits per heavy atom. The topological polar surface area (TPSA) is 79.3 Å². The zero-order valence-corrected chi connectivity index (χ0v) is 11.1. The van der Waals surface area contributed by atoms with Crippen molar-refractivity contribution < 1.29 is 14.7 Å². The van der Waals surface area contributed by atoms with Crippen molar-refractivity contribution in [3.63, 3.8) is 0 Å². The van der Waals surface area contributed by atoms with Gasteiger partial charge in [-0.3, -0.25) is 9.59 Å². The second-order valence-electron chi connectivity index (χ2n) is 4.09. The summed E-state index contributed by atoms with van der Waals surface area (Å²) >= 11 is 5.65. The molecule has 1 aromatic carbocycles. The van der Waals surface area contributed by atoms with Crippen LogP contribution in [0, 0.1) is 0 Å². The van der Waals surface area contributed by atoms with E-state index in [-0.39, 0.29) is 12.3 Å². The van der Waals surface area contributed by atoms with Crippen molar-refractivity contribution in [1.29, 1.82) is 0 Å². The van der Waals surface area contributed by atoms with Crippen LogP contribution in [0.25, 0.3) is 0 Å². The van der Waals surface area contributed by atoms with E-state index < -0.39 is 5.97 Å². The average molecular weight is 291 g/mol. The summed E-state index contributed by atoms with van der Waals surface area (Å²) in [6, 6.07) is 9.77. The first-order chi connectivity index (χ1) is 9.54. The van der Waals surface area contributed by atoms with Crippen LogP contribution in [0.4, 0.5) is 5.69 Å². The van der Waals surface area contributed by atoms with Crippen LogP contribution in [0.15, 0.2) is 42.6 Å². The smallest absolute Gasteiger partial charge is 0.307 e. The number of carbonyl (C=O) groups is 2. The molecule has 0 bridgehead atoms. The molecule has 2 N–H and O–H groups in total. The fourth-order valence-electron chi connectivity index (χ4n) is 1.65. The van der Waals surface area contributed by atoms with Gasteiger partial charge in [0.05, 0.1) is 12.0 Å². The number of hydrogen-bond acceptors (Lipinski definition) is 3. The van der Waals surface area contributed by atoms with Gasteiger partial charge in [-0.1, -0.05) is 23.7 Å². The maximum Gasteiger partial charge on any atom is 0.307 e. The lowest BCUT2D eigenvalue weighted by Crippen LogP contribution is -2.12. The predicted octanol–water partition coefficient (Wildman–Crippen LogP) is 2.61. The zero-order valence-electron chi connectivity index (χ0n) is 10.3. The monoisotopic (exact) mass is 290 g/mol. The molecule has 0 saturated heterocycles. The SMILES string of the molecule is O=C(O)Cc1cccc(NC(=O)c2ccc(Cl)nc2)c1. The largest absolute Gasteiger partial charge is 0.481 e. The van der Waals surface area contributed by atoms with Crippen molar-refractivity contribution in [3.05, 3.63) is 58.9 Å². The summed E-state index contributed by atoms with van der Waals surface area (Å²) in [7, 11) is 0. The number of pyridine rings is 1. The van der Waals surface area contributed by atoms with E-state index in [2.05, 4.69) is 10.3 Å². The first-order valence-electron chi connectivity index (χ1n) is 5.78. The van der Waals surface area contributed by atoms with Crippen LogP contribution < -0.4 is 5.32 Å². The highest BCUT2D eigenvalue weighted by Gasteiger charge is 2.07. The third kappa shape index (κ3) is 3.80. The van der Waals surface area contributed by atoms with Gasteiger partial charge in [-0.2, -0.15) is 0 Å². The number of carboxylic acid groups (broad SMARTS) is 1. The summed E-state index contributed by atoms with van der Waals surface area (Å²) < 4.78 is 0. The van der Waals surface area contributed by atoms with E-state index >= 15 is 0 Å². The molecule has 0 unspecified atom stereocenters. The number of rotatable bonds is 4. The molecular formula is C14H11ClN2O3. The maximum absolute atomic E-state index is 11.9. The molecule has 0 aliphatic rings. The number of anilines is 1. The number of carbonyl (C=O) groups excluding carboxylic acids is 1. The van der Waals surface area contributed by atoms with Gasteiger partial charge in [-0.05, 0) is 29.8 Å². The molecule has 0 atom stereocenters. The van der Waals surface area contributed by atoms with Crippen LogP contribution in [0.2, 0.25) is 5.15 Å². The van der Waals surface area contributed by atoms with E-state index in [9.17, 15) is 9.59 Å². The summed E-state index contributed by atoms with van der Waals surface area (Å²) in [6.45, 7) is 0. The maximum atomic E-state index is 11.9. The highest BCUT2D eigenvalue weighted by molar-refractivity contribution is 6.29. The Bertz CT molecular complexity index is 641. The van der Waals surface area contributed by atoms with Gasteiger partial charge >= 0.3 is 5.97 Å². The van der Waals surface area contributed by atoms with Gasteiger partial charge in [0.1, 0.15) is 5.15 Å². The van der Waals surface area contributed by atoms with Gasteiger partial charge in [0, 0.05) is 11.9 Å². The number of hydrogen-bond donors (Lipinski definition) is 2. The normalized spacial score (nSPS) is 10.1. The fraction of sp³-hybridized carbons (Fsp3) is 0.0714. The first-order valence-corrected chi connectivity index (χ1v) is 6.16.